The van der Waals surface area contributed by atoms with Crippen LogP contribution in [0.4, 0.5) is 11.4 Å². The first-order chi connectivity index (χ1) is 13.7. The van der Waals surface area contributed by atoms with Gasteiger partial charge in [-0.05, 0) is 30.5 Å². The van der Waals surface area contributed by atoms with E-state index < -0.39 is 5.41 Å². The van der Waals surface area contributed by atoms with Crippen molar-refractivity contribution in [3.63, 3.8) is 0 Å². The van der Waals surface area contributed by atoms with Crippen LogP contribution in [0.1, 0.15) is 18.4 Å². The van der Waals surface area contributed by atoms with Crippen molar-refractivity contribution in [2.75, 3.05) is 43.1 Å². The number of carbonyl (C=O) groups is 2. The lowest BCUT2D eigenvalue weighted by Gasteiger charge is -2.37. The third-order valence-corrected chi connectivity index (χ3v) is 5.64. The molecule has 2 aliphatic rings. The Balaban J connectivity index is 1.63. The average Bonchev–Trinajstić information content (AvgIpc) is 2.75. The minimum absolute atomic E-state index is 0.00225. The minimum atomic E-state index is -0.605. The van der Waals surface area contributed by atoms with Gasteiger partial charge in [0.1, 0.15) is 0 Å². The molecule has 28 heavy (non-hydrogen) atoms. The molecule has 2 saturated heterocycles. The molecule has 2 aromatic carbocycles. The normalized spacial score (nSPS) is 19.0. The van der Waals surface area contributed by atoms with Crippen LogP contribution < -0.4 is 15.5 Å². The van der Waals surface area contributed by atoms with Gasteiger partial charge in [0.15, 0.2) is 0 Å². The van der Waals surface area contributed by atoms with Crippen LogP contribution in [0.25, 0.3) is 0 Å². The first kappa shape index (κ1) is 18.5. The number of rotatable bonds is 4. The second kappa shape index (κ2) is 8.02. The number of hydrogen-bond acceptors (Lipinski definition) is 4. The first-order valence-corrected chi connectivity index (χ1v) is 9.74. The monoisotopic (exact) mass is 379 g/mol. The molecular formula is C22H25N3O3. The highest BCUT2D eigenvalue weighted by Gasteiger charge is 2.42. The van der Waals surface area contributed by atoms with E-state index in [1.54, 1.807) is 0 Å². The molecule has 2 heterocycles. The standard InChI is InChI=1S/C22H25N3O3/c26-20-16-25(13-12-23-20)19-9-5-4-8-18(19)24-21(27)22(10-14-28-15-11-22)17-6-2-1-3-7-17/h1-9H,10-16H2,(H,23,26)(H,24,27). The fourth-order valence-corrected chi connectivity index (χ4v) is 4.07. The van der Waals surface area contributed by atoms with Crippen LogP contribution >= 0.6 is 0 Å². The molecule has 0 bridgehead atoms. The topological polar surface area (TPSA) is 70.7 Å². The van der Waals surface area contributed by atoms with Crippen molar-refractivity contribution in [3.8, 4) is 0 Å². The highest BCUT2D eigenvalue weighted by Crippen LogP contribution is 2.37. The molecule has 2 fully saturated rings. The maximum Gasteiger partial charge on any atom is 0.239 e. The van der Waals surface area contributed by atoms with Crippen molar-refractivity contribution in [1.82, 2.24) is 5.32 Å². The Hall–Kier alpha value is -2.86. The van der Waals surface area contributed by atoms with Crippen molar-refractivity contribution in [2.45, 2.75) is 18.3 Å². The van der Waals surface area contributed by atoms with Gasteiger partial charge in [0.2, 0.25) is 11.8 Å². The van der Waals surface area contributed by atoms with Crippen LogP contribution in [0.5, 0.6) is 0 Å². The zero-order valence-electron chi connectivity index (χ0n) is 15.8. The van der Waals surface area contributed by atoms with Gasteiger partial charge in [0, 0.05) is 26.3 Å². The van der Waals surface area contributed by atoms with Crippen molar-refractivity contribution in [1.29, 1.82) is 0 Å². The molecule has 2 amide bonds. The van der Waals surface area contributed by atoms with E-state index in [0.29, 0.717) is 39.1 Å². The number of para-hydroxylation sites is 2. The molecule has 0 radical (unpaired) electrons. The quantitative estimate of drug-likeness (QED) is 0.855. The maximum atomic E-state index is 13.5. The summed E-state index contributed by atoms with van der Waals surface area (Å²) in [4.78, 5) is 27.3. The summed E-state index contributed by atoms with van der Waals surface area (Å²) in [6, 6.07) is 17.6. The molecule has 6 nitrogen and oxygen atoms in total. The van der Waals surface area contributed by atoms with E-state index in [1.165, 1.54) is 0 Å². The lowest BCUT2D eigenvalue weighted by Crippen LogP contribution is -2.48. The second-order valence-corrected chi connectivity index (χ2v) is 7.30. The van der Waals surface area contributed by atoms with Crippen LogP contribution in [0, 0.1) is 0 Å². The summed E-state index contributed by atoms with van der Waals surface area (Å²) in [6.45, 7) is 2.75. The predicted octanol–water partition coefficient (Wildman–Crippen LogP) is 2.31. The van der Waals surface area contributed by atoms with E-state index in [4.69, 9.17) is 4.74 Å². The number of ether oxygens (including phenoxy) is 1. The number of benzene rings is 2. The van der Waals surface area contributed by atoms with E-state index in [1.807, 2.05) is 59.5 Å². The summed E-state index contributed by atoms with van der Waals surface area (Å²) in [5, 5.41) is 6.00. The van der Waals surface area contributed by atoms with Crippen LogP contribution in [0.15, 0.2) is 54.6 Å². The number of nitrogens with zero attached hydrogens (tertiary/aromatic N) is 1. The Morgan fingerprint density at radius 1 is 1.04 bits per heavy atom. The molecule has 0 saturated carbocycles. The number of hydrogen-bond donors (Lipinski definition) is 2. The predicted molar refractivity (Wildman–Crippen MR) is 108 cm³/mol. The van der Waals surface area contributed by atoms with Gasteiger partial charge >= 0.3 is 0 Å². The SMILES string of the molecule is O=C1CN(c2ccccc2NC(=O)C2(c3ccccc3)CCOCC2)CCN1. The first-order valence-electron chi connectivity index (χ1n) is 9.74. The van der Waals surface area contributed by atoms with Gasteiger partial charge < -0.3 is 20.3 Å². The second-order valence-electron chi connectivity index (χ2n) is 7.30. The summed E-state index contributed by atoms with van der Waals surface area (Å²) >= 11 is 0. The van der Waals surface area contributed by atoms with Gasteiger partial charge in [0.05, 0.1) is 23.3 Å². The number of anilines is 2. The van der Waals surface area contributed by atoms with Crippen LogP contribution in [-0.4, -0.2) is 44.7 Å². The largest absolute Gasteiger partial charge is 0.381 e. The van der Waals surface area contributed by atoms with Gasteiger partial charge in [-0.15, -0.1) is 0 Å². The number of carbonyl (C=O) groups excluding carboxylic acids is 2. The fraction of sp³-hybridized carbons (Fsp3) is 0.364. The Bertz CT molecular complexity index is 847. The molecule has 0 atom stereocenters. The summed E-state index contributed by atoms with van der Waals surface area (Å²) in [5.74, 6) is -0.0199. The minimum Gasteiger partial charge on any atom is -0.381 e. The lowest BCUT2D eigenvalue weighted by atomic mass is 9.73. The molecule has 2 aromatic rings. The molecule has 2 aliphatic heterocycles. The number of nitrogens with one attached hydrogen (secondary N) is 2. The Kier molecular flexibility index (Phi) is 5.30. The molecule has 6 heteroatoms. The van der Waals surface area contributed by atoms with Crippen molar-refractivity contribution in [2.24, 2.45) is 0 Å². The third kappa shape index (κ3) is 3.60. The van der Waals surface area contributed by atoms with Crippen LogP contribution in [-0.2, 0) is 19.7 Å². The summed E-state index contributed by atoms with van der Waals surface area (Å²) in [7, 11) is 0. The van der Waals surface area contributed by atoms with Crippen molar-refractivity contribution >= 4 is 23.2 Å². The fourth-order valence-electron chi connectivity index (χ4n) is 4.07. The molecule has 0 aromatic heterocycles. The molecule has 0 aliphatic carbocycles. The number of piperazine rings is 1. The lowest BCUT2D eigenvalue weighted by molar-refractivity contribution is -0.125. The van der Waals surface area contributed by atoms with Gasteiger partial charge in [-0.25, -0.2) is 0 Å². The number of amides is 2. The molecular weight excluding hydrogens is 354 g/mol. The highest BCUT2D eigenvalue weighted by molar-refractivity contribution is 6.02. The van der Waals surface area contributed by atoms with Gasteiger partial charge in [-0.1, -0.05) is 42.5 Å². The van der Waals surface area contributed by atoms with Crippen molar-refractivity contribution in [3.05, 3.63) is 60.2 Å². The average molecular weight is 379 g/mol. The third-order valence-electron chi connectivity index (χ3n) is 5.64. The smallest absolute Gasteiger partial charge is 0.239 e. The summed E-state index contributed by atoms with van der Waals surface area (Å²) < 4.78 is 5.54. The van der Waals surface area contributed by atoms with E-state index in [9.17, 15) is 9.59 Å². The van der Waals surface area contributed by atoms with E-state index in [-0.39, 0.29) is 11.8 Å². The van der Waals surface area contributed by atoms with Crippen LogP contribution in [0.2, 0.25) is 0 Å². The zero-order chi connectivity index (χ0) is 19.4. The van der Waals surface area contributed by atoms with Gasteiger partial charge in [-0.3, -0.25) is 9.59 Å². The summed E-state index contributed by atoms with van der Waals surface area (Å²) in [5.41, 5.74) is 2.03. The zero-order valence-corrected chi connectivity index (χ0v) is 15.8. The highest BCUT2D eigenvalue weighted by atomic mass is 16.5. The molecule has 4 rings (SSSR count). The van der Waals surface area contributed by atoms with E-state index >= 15 is 0 Å². The Morgan fingerprint density at radius 2 is 1.75 bits per heavy atom. The summed E-state index contributed by atoms with van der Waals surface area (Å²) in [6.07, 6.45) is 1.30. The molecule has 0 unspecified atom stereocenters. The van der Waals surface area contributed by atoms with E-state index in [2.05, 4.69) is 10.6 Å². The maximum absolute atomic E-state index is 13.5. The van der Waals surface area contributed by atoms with Gasteiger partial charge in [-0.2, -0.15) is 0 Å². The Morgan fingerprint density at radius 3 is 2.50 bits per heavy atom. The molecule has 146 valence electrons. The molecule has 2 N–H and O–H groups in total. The van der Waals surface area contributed by atoms with E-state index in [0.717, 1.165) is 23.5 Å². The van der Waals surface area contributed by atoms with Crippen LogP contribution in [0.3, 0.4) is 0 Å². The van der Waals surface area contributed by atoms with Gasteiger partial charge in [0.25, 0.3) is 0 Å². The molecule has 0 spiro atoms. The van der Waals surface area contributed by atoms with Crippen molar-refractivity contribution < 1.29 is 14.3 Å². The Labute approximate surface area is 164 Å².